The van der Waals surface area contributed by atoms with E-state index in [-0.39, 0.29) is 11.5 Å². The van der Waals surface area contributed by atoms with Crippen molar-refractivity contribution in [3.8, 4) is 0 Å². The Bertz CT molecular complexity index is 625. The highest BCUT2D eigenvalue weighted by Crippen LogP contribution is 2.28. The molecular weight excluding hydrogens is 239 g/mol. The Morgan fingerprint density at radius 3 is 3.00 bits per heavy atom. The van der Waals surface area contributed by atoms with E-state index in [1.165, 1.54) is 23.1 Å². The van der Waals surface area contributed by atoms with Crippen molar-refractivity contribution in [2.75, 3.05) is 11.6 Å². The van der Waals surface area contributed by atoms with Gasteiger partial charge in [0.25, 0.3) is 0 Å². The fourth-order valence-electron chi connectivity index (χ4n) is 2.02. The number of carbonyl (C=O) groups is 1. The van der Waals surface area contributed by atoms with Gasteiger partial charge in [-0.3, -0.25) is 5.01 Å². The zero-order chi connectivity index (χ0) is 12.7. The lowest BCUT2D eigenvalue weighted by molar-refractivity contribution is 0.0690. The first-order valence-electron chi connectivity index (χ1n) is 5.37. The maximum Gasteiger partial charge on any atom is 0.358 e. The quantitative estimate of drug-likeness (QED) is 0.856. The monoisotopic (exact) mass is 248 g/mol. The number of rotatable bonds is 2. The molecule has 1 aromatic carbocycles. The van der Waals surface area contributed by atoms with E-state index in [4.69, 9.17) is 5.11 Å². The molecule has 0 fully saturated rings. The number of hydrogen-bond acceptors (Lipinski definition) is 4. The third kappa shape index (κ3) is 1.60. The van der Waals surface area contributed by atoms with Crippen LogP contribution in [0.4, 0.5) is 10.1 Å². The van der Waals surface area contributed by atoms with Gasteiger partial charge in [0, 0.05) is 6.54 Å². The van der Waals surface area contributed by atoms with Crippen LogP contribution in [0.2, 0.25) is 0 Å². The lowest BCUT2D eigenvalue weighted by Crippen LogP contribution is -2.28. The summed E-state index contributed by atoms with van der Waals surface area (Å²) in [6, 6.07) is 4.54. The number of halogens is 1. The number of benzene rings is 1. The molecule has 0 aliphatic carbocycles. The lowest BCUT2D eigenvalue weighted by atomic mass is 10.2. The average molecular weight is 248 g/mol. The van der Waals surface area contributed by atoms with Gasteiger partial charge in [-0.05, 0) is 29.3 Å². The van der Waals surface area contributed by atoms with Crippen LogP contribution in [0, 0.1) is 5.82 Å². The van der Waals surface area contributed by atoms with Crippen LogP contribution in [0.3, 0.4) is 0 Å². The van der Waals surface area contributed by atoms with E-state index in [9.17, 15) is 9.18 Å². The molecule has 1 N–H and O–H groups in total. The highest BCUT2D eigenvalue weighted by atomic mass is 19.1. The number of carboxylic acid groups (broad SMARTS) is 1. The second kappa shape index (κ2) is 3.80. The van der Waals surface area contributed by atoms with Crippen LogP contribution in [-0.4, -0.2) is 32.7 Å². The van der Waals surface area contributed by atoms with Crippen LogP contribution < -0.4 is 5.01 Å². The molecule has 0 radical (unpaired) electrons. The van der Waals surface area contributed by atoms with E-state index in [1.807, 2.05) is 0 Å². The minimum absolute atomic E-state index is 0.139. The zero-order valence-electron chi connectivity index (χ0n) is 9.25. The molecule has 0 saturated carbocycles. The van der Waals surface area contributed by atoms with Gasteiger partial charge in [0.1, 0.15) is 5.82 Å². The largest absolute Gasteiger partial charge is 0.476 e. The number of fused-ring (bicyclic) bond motifs is 1. The Labute approximate surface area is 101 Å². The standard InChI is InChI=1S/C11H9FN4O2/c12-8-2-1-7-3-4-15(10(7)5-8)16-6-9(11(17)18)13-14-16/h1-2,5-6H,3-4H2,(H,17,18). The summed E-state index contributed by atoms with van der Waals surface area (Å²) < 4.78 is 13.2. The fourth-order valence-corrected chi connectivity index (χ4v) is 2.02. The van der Waals surface area contributed by atoms with Crippen molar-refractivity contribution in [1.29, 1.82) is 0 Å². The van der Waals surface area contributed by atoms with Crippen molar-refractivity contribution in [3.05, 3.63) is 41.5 Å². The first-order valence-corrected chi connectivity index (χ1v) is 5.37. The summed E-state index contributed by atoms with van der Waals surface area (Å²) in [6.07, 6.45) is 2.07. The summed E-state index contributed by atoms with van der Waals surface area (Å²) in [5, 5.41) is 17.7. The highest BCUT2D eigenvalue weighted by molar-refractivity contribution is 5.84. The SMILES string of the molecule is O=C(O)c1cn(N2CCc3ccc(F)cc32)nn1. The smallest absolute Gasteiger partial charge is 0.358 e. The topological polar surface area (TPSA) is 71.2 Å². The second-order valence-corrected chi connectivity index (χ2v) is 3.98. The molecule has 0 saturated heterocycles. The van der Waals surface area contributed by atoms with Crippen molar-refractivity contribution in [1.82, 2.24) is 15.1 Å². The third-order valence-electron chi connectivity index (χ3n) is 2.87. The summed E-state index contributed by atoms with van der Waals surface area (Å²) in [4.78, 5) is 12.1. The Balaban J connectivity index is 2.00. The number of nitrogens with zero attached hydrogens (tertiary/aromatic N) is 4. The molecule has 0 amide bonds. The fraction of sp³-hybridized carbons (Fsp3) is 0.182. The summed E-state index contributed by atoms with van der Waals surface area (Å²) >= 11 is 0. The van der Waals surface area contributed by atoms with Crippen LogP contribution in [0.25, 0.3) is 0 Å². The third-order valence-corrected chi connectivity index (χ3v) is 2.87. The highest BCUT2D eigenvalue weighted by Gasteiger charge is 2.22. The van der Waals surface area contributed by atoms with Gasteiger partial charge in [0.05, 0.1) is 11.9 Å². The predicted molar refractivity (Wildman–Crippen MR) is 59.8 cm³/mol. The average Bonchev–Trinajstić information content (AvgIpc) is 2.93. The molecule has 2 aromatic rings. The first-order chi connectivity index (χ1) is 8.65. The van der Waals surface area contributed by atoms with Crippen molar-refractivity contribution >= 4 is 11.7 Å². The van der Waals surface area contributed by atoms with Crippen LogP contribution in [0.5, 0.6) is 0 Å². The van der Waals surface area contributed by atoms with Crippen molar-refractivity contribution < 1.29 is 14.3 Å². The molecule has 1 aliphatic heterocycles. The molecule has 92 valence electrons. The lowest BCUT2D eigenvalue weighted by Gasteiger charge is -2.17. The number of carboxylic acids is 1. The molecule has 18 heavy (non-hydrogen) atoms. The Hall–Kier alpha value is -2.44. The van der Waals surface area contributed by atoms with E-state index >= 15 is 0 Å². The molecule has 0 atom stereocenters. The van der Waals surface area contributed by atoms with E-state index in [1.54, 1.807) is 11.1 Å². The molecule has 0 bridgehead atoms. The summed E-state index contributed by atoms with van der Waals surface area (Å²) in [7, 11) is 0. The predicted octanol–water partition coefficient (Wildman–Crippen LogP) is 0.941. The minimum atomic E-state index is -1.14. The van der Waals surface area contributed by atoms with Crippen molar-refractivity contribution in [2.45, 2.75) is 6.42 Å². The van der Waals surface area contributed by atoms with Gasteiger partial charge in [0.2, 0.25) is 0 Å². The summed E-state index contributed by atoms with van der Waals surface area (Å²) in [6.45, 7) is 0.612. The summed E-state index contributed by atoms with van der Waals surface area (Å²) in [5.74, 6) is -1.47. The van der Waals surface area contributed by atoms with Crippen LogP contribution in [-0.2, 0) is 6.42 Å². The molecule has 7 heteroatoms. The number of aromatic carboxylic acids is 1. The normalized spacial score (nSPS) is 13.7. The second-order valence-electron chi connectivity index (χ2n) is 3.98. The van der Waals surface area contributed by atoms with E-state index < -0.39 is 5.97 Å². The van der Waals surface area contributed by atoms with Crippen molar-refractivity contribution in [2.24, 2.45) is 0 Å². The molecule has 0 spiro atoms. The zero-order valence-corrected chi connectivity index (χ0v) is 9.25. The maximum absolute atomic E-state index is 13.2. The Morgan fingerprint density at radius 2 is 2.28 bits per heavy atom. The first kappa shape index (κ1) is 10.7. The summed E-state index contributed by atoms with van der Waals surface area (Å²) in [5.41, 5.74) is 1.56. The van der Waals surface area contributed by atoms with Crippen LogP contribution in [0.15, 0.2) is 24.4 Å². The van der Waals surface area contributed by atoms with Gasteiger partial charge in [-0.1, -0.05) is 6.07 Å². The van der Waals surface area contributed by atoms with Crippen LogP contribution >= 0.6 is 0 Å². The Kier molecular flexibility index (Phi) is 2.26. The van der Waals surface area contributed by atoms with Crippen LogP contribution in [0.1, 0.15) is 16.1 Å². The van der Waals surface area contributed by atoms with E-state index in [0.29, 0.717) is 12.2 Å². The van der Waals surface area contributed by atoms with E-state index in [0.717, 1.165) is 12.0 Å². The molecule has 3 rings (SSSR count). The molecule has 0 unspecified atom stereocenters. The van der Waals surface area contributed by atoms with Gasteiger partial charge in [-0.2, -0.15) is 4.79 Å². The molecule has 1 aromatic heterocycles. The van der Waals surface area contributed by atoms with Crippen molar-refractivity contribution in [3.63, 3.8) is 0 Å². The molecule has 2 heterocycles. The molecule has 1 aliphatic rings. The minimum Gasteiger partial charge on any atom is -0.476 e. The van der Waals surface area contributed by atoms with E-state index in [2.05, 4.69) is 10.3 Å². The van der Waals surface area contributed by atoms with Gasteiger partial charge in [-0.15, -0.1) is 5.10 Å². The molecule has 6 nitrogen and oxygen atoms in total. The van der Waals surface area contributed by atoms with Gasteiger partial charge in [-0.25, -0.2) is 9.18 Å². The maximum atomic E-state index is 13.2. The number of anilines is 1. The number of hydrogen-bond donors (Lipinski definition) is 1. The van der Waals surface area contributed by atoms with Gasteiger partial charge < -0.3 is 5.11 Å². The van der Waals surface area contributed by atoms with Gasteiger partial charge in [0.15, 0.2) is 5.69 Å². The molecular formula is C11H9FN4O2. The Morgan fingerprint density at radius 1 is 1.44 bits per heavy atom. The number of aromatic nitrogens is 3. The van der Waals surface area contributed by atoms with Gasteiger partial charge >= 0.3 is 5.97 Å².